The molecule has 0 saturated carbocycles. The highest BCUT2D eigenvalue weighted by atomic mass is 35.5. The summed E-state index contributed by atoms with van der Waals surface area (Å²) in [5.74, 6) is -0.227. The molecule has 1 aromatic rings. The van der Waals surface area contributed by atoms with Crippen molar-refractivity contribution in [2.45, 2.75) is 13.8 Å². The third-order valence-electron chi connectivity index (χ3n) is 1.87. The summed E-state index contributed by atoms with van der Waals surface area (Å²) >= 11 is 11.7. The summed E-state index contributed by atoms with van der Waals surface area (Å²) in [7, 11) is 0. The van der Waals surface area contributed by atoms with Gasteiger partial charge in [-0.2, -0.15) is 0 Å². The molecule has 0 unspecified atom stereocenters. The molecule has 0 aliphatic rings. The Hall–Kier alpha value is -0.930. The molecule has 82 valence electrons. The predicted octanol–water partition coefficient (Wildman–Crippen LogP) is 3.17. The topological polar surface area (TPSA) is 55.1 Å². The second kappa shape index (κ2) is 4.73. The normalized spacial score (nSPS) is 10.5. The number of anilines is 2. The molecule has 0 bridgehead atoms. The maximum Gasteiger partial charge on any atom is 0.226 e. The maximum absolute atomic E-state index is 11.4. The summed E-state index contributed by atoms with van der Waals surface area (Å²) in [6, 6.07) is 3.05. The van der Waals surface area contributed by atoms with Crippen molar-refractivity contribution in [1.29, 1.82) is 0 Å². The Bertz CT molecular complexity index is 391. The van der Waals surface area contributed by atoms with E-state index < -0.39 is 0 Å². The fourth-order valence-electron chi connectivity index (χ4n) is 0.935. The molecule has 1 rings (SSSR count). The number of amides is 1. The number of hydrogen-bond donors (Lipinski definition) is 2. The van der Waals surface area contributed by atoms with Gasteiger partial charge in [0, 0.05) is 5.92 Å². The number of nitrogen functional groups attached to an aromatic ring is 1. The molecule has 3 N–H and O–H groups in total. The van der Waals surface area contributed by atoms with Crippen LogP contribution in [-0.4, -0.2) is 5.91 Å². The Morgan fingerprint density at radius 3 is 2.47 bits per heavy atom. The number of carbonyl (C=O) groups excluding carboxylic acids is 1. The summed E-state index contributed by atoms with van der Waals surface area (Å²) in [5.41, 5.74) is 6.42. The van der Waals surface area contributed by atoms with Gasteiger partial charge in [0.2, 0.25) is 5.91 Å². The summed E-state index contributed by atoms with van der Waals surface area (Å²) < 4.78 is 0. The van der Waals surface area contributed by atoms with Gasteiger partial charge in [0.05, 0.1) is 21.4 Å². The number of benzene rings is 1. The highest BCUT2D eigenvalue weighted by Gasteiger charge is 2.11. The van der Waals surface area contributed by atoms with Gasteiger partial charge in [0.1, 0.15) is 0 Å². The number of rotatable bonds is 2. The summed E-state index contributed by atoms with van der Waals surface area (Å²) in [6.45, 7) is 3.59. The average Bonchev–Trinajstić information content (AvgIpc) is 2.13. The van der Waals surface area contributed by atoms with Crippen LogP contribution in [0.2, 0.25) is 10.0 Å². The lowest BCUT2D eigenvalue weighted by Crippen LogP contribution is -2.18. The van der Waals surface area contributed by atoms with Gasteiger partial charge >= 0.3 is 0 Å². The molecular formula is C10H12Cl2N2O. The largest absolute Gasteiger partial charge is 0.397 e. The van der Waals surface area contributed by atoms with Crippen LogP contribution in [-0.2, 0) is 4.79 Å². The monoisotopic (exact) mass is 246 g/mol. The van der Waals surface area contributed by atoms with Crippen LogP contribution in [0.5, 0.6) is 0 Å². The van der Waals surface area contributed by atoms with Crippen LogP contribution in [0.1, 0.15) is 13.8 Å². The first-order valence-corrected chi connectivity index (χ1v) is 5.22. The zero-order valence-corrected chi connectivity index (χ0v) is 9.99. The van der Waals surface area contributed by atoms with Crippen LogP contribution in [0.4, 0.5) is 11.4 Å². The molecule has 0 aliphatic carbocycles. The highest BCUT2D eigenvalue weighted by Crippen LogP contribution is 2.30. The van der Waals surface area contributed by atoms with Crippen LogP contribution in [0, 0.1) is 5.92 Å². The lowest BCUT2D eigenvalue weighted by atomic mass is 10.2. The van der Waals surface area contributed by atoms with Crippen LogP contribution in [0.15, 0.2) is 12.1 Å². The van der Waals surface area contributed by atoms with Gasteiger partial charge in [0.15, 0.2) is 0 Å². The first kappa shape index (κ1) is 12.1. The molecule has 0 aliphatic heterocycles. The molecule has 5 heteroatoms. The van der Waals surface area contributed by atoms with Gasteiger partial charge in [-0.1, -0.05) is 37.0 Å². The number of carbonyl (C=O) groups is 1. The predicted molar refractivity (Wildman–Crippen MR) is 64.3 cm³/mol. The van der Waals surface area contributed by atoms with Gasteiger partial charge in [-0.05, 0) is 12.1 Å². The molecule has 0 heterocycles. The fraction of sp³-hybridized carbons (Fsp3) is 0.300. The van der Waals surface area contributed by atoms with E-state index in [2.05, 4.69) is 5.32 Å². The Kier molecular flexibility index (Phi) is 3.83. The lowest BCUT2D eigenvalue weighted by molar-refractivity contribution is -0.118. The molecule has 3 nitrogen and oxygen atoms in total. The van der Waals surface area contributed by atoms with E-state index in [4.69, 9.17) is 28.9 Å². The molecule has 15 heavy (non-hydrogen) atoms. The lowest BCUT2D eigenvalue weighted by Gasteiger charge is -2.10. The molecule has 0 aromatic heterocycles. The maximum atomic E-state index is 11.4. The Morgan fingerprint density at radius 2 is 1.93 bits per heavy atom. The number of halogens is 2. The Labute approximate surface area is 98.5 Å². The van der Waals surface area contributed by atoms with Crippen molar-refractivity contribution < 1.29 is 4.79 Å². The summed E-state index contributed by atoms with van der Waals surface area (Å²) in [4.78, 5) is 11.4. The zero-order chi connectivity index (χ0) is 11.6. The SMILES string of the molecule is CC(C)C(=O)Nc1cc(Cl)c(N)cc1Cl. The van der Waals surface area contributed by atoms with Gasteiger partial charge in [-0.25, -0.2) is 0 Å². The second-order valence-corrected chi connectivity index (χ2v) is 4.31. The first-order chi connectivity index (χ1) is 6.91. The molecule has 1 aromatic carbocycles. The molecule has 1 amide bonds. The van der Waals surface area contributed by atoms with Crippen molar-refractivity contribution in [2.75, 3.05) is 11.1 Å². The third-order valence-corrected chi connectivity index (χ3v) is 2.51. The zero-order valence-electron chi connectivity index (χ0n) is 8.47. The molecule has 0 fully saturated rings. The highest BCUT2D eigenvalue weighted by molar-refractivity contribution is 6.37. The smallest absolute Gasteiger partial charge is 0.226 e. The minimum atomic E-state index is -0.114. The average molecular weight is 247 g/mol. The van der Waals surface area contributed by atoms with E-state index in [1.54, 1.807) is 19.9 Å². The second-order valence-electron chi connectivity index (χ2n) is 3.50. The van der Waals surface area contributed by atoms with E-state index in [9.17, 15) is 4.79 Å². The molecule has 0 saturated heterocycles. The van der Waals surface area contributed by atoms with Crippen LogP contribution < -0.4 is 11.1 Å². The van der Waals surface area contributed by atoms with Crippen molar-refractivity contribution in [1.82, 2.24) is 0 Å². The Balaban J connectivity index is 2.96. The number of hydrogen-bond acceptors (Lipinski definition) is 2. The number of nitrogens with one attached hydrogen (secondary N) is 1. The van der Waals surface area contributed by atoms with Gasteiger partial charge in [-0.15, -0.1) is 0 Å². The van der Waals surface area contributed by atoms with E-state index >= 15 is 0 Å². The first-order valence-electron chi connectivity index (χ1n) is 4.47. The van der Waals surface area contributed by atoms with E-state index in [1.807, 2.05) is 0 Å². The van der Waals surface area contributed by atoms with Crippen molar-refractivity contribution in [3.05, 3.63) is 22.2 Å². The standard InChI is InChI=1S/C10H12Cl2N2O/c1-5(2)10(15)14-9-4-6(11)8(13)3-7(9)12/h3-5H,13H2,1-2H3,(H,14,15). The van der Waals surface area contributed by atoms with Crippen molar-refractivity contribution in [2.24, 2.45) is 5.92 Å². The van der Waals surface area contributed by atoms with Crippen LogP contribution >= 0.6 is 23.2 Å². The van der Waals surface area contributed by atoms with E-state index in [-0.39, 0.29) is 11.8 Å². The van der Waals surface area contributed by atoms with Gasteiger partial charge in [0.25, 0.3) is 0 Å². The quantitative estimate of drug-likeness (QED) is 0.788. The van der Waals surface area contributed by atoms with Crippen molar-refractivity contribution in [3.63, 3.8) is 0 Å². The van der Waals surface area contributed by atoms with E-state index in [0.717, 1.165) is 0 Å². The van der Waals surface area contributed by atoms with E-state index in [0.29, 0.717) is 21.4 Å². The molecule has 0 spiro atoms. The number of nitrogens with two attached hydrogens (primary N) is 1. The van der Waals surface area contributed by atoms with E-state index in [1.165, 1.54) is 6.07 Å². The fourth-order valence-corrected chi connectivity index (χ4v) is 1.32. The minimum absolute atomic E-state index is 0.113. The summed E-state index contributed by atoms with van der Waals surface area (Å²) in [6.07, 6.45) is 0. The minimum Gasteiger partial charge on any atom is -0.397 e. The summed E-state index contributed by atoms with van der Waals surface area (Å²) in [5, 5.41) is 3.42. The van der Waals surface area contributed by atoms with Crippen molar-refractivity contribution in [3.8, 4) is 0 Å². The molecule has 0 radical (unpaired) electrons. The molecule has 0 atom stereocenters. The third kappa shape index (κ3) is 3.01. The van der Waals surface area contributed by atoms with Crippen molar-refractivity contribution >= 4 is 40.5 Å². The van der Waals surface area contributed by atoms with Gasteiger partial charge in [-0.3, -0.25) is 4.79 Å². The van der Waals surface area contributed by atoms with Crippen LogP contribution in [0.3, 0.4) is 0 Å². The van der Waals surface area contributed by atoms with Gasteiger partial charge < -0.3 is 11.1 Å². The molecular weight excluding hydrogens is 235 g/mol. The Morgan fingerprint density at radius 1 is 1.33 bits per heavy atom. The van der Waals surface area contributed by atoms with Crippen LogP contribution in [0.25, 0.3) is 0 Å².